The molecule has 1 aliphatic carbocycles. The second-order valence-electron chi connectivity index (χ2n) is 5.82. The summed E-state index contributed by atoms with van der Waals surface area (Å²) in [6.45, 7) is 0.0930. The normalized spacial score (nSPS) is 13.5. The van der Waals surface area contributed by atoms with Crippen molar-refractivity contribution in [1.29, 1.82) is 0 Å². The van der Waals surface area contributed by atoms with Gasteiger partial charge in [-0.25, -0.2) is 0 Å². The second-order valence-corrected chi connectivity index (χ2v) is 6.67. The Morgan fingerprint density at radius 3 is 2.46 bits per heavy atom. The molecule has 3 amide bonds. The lowest BCUT2D eigenvalue weighted by atomic mass is 10.3. The van der Waals surface area contributed by atoms with Gasteiger partial charge < -0.3 is 16.0 Å². The quantitative estimate of drug-likeness (QED) is 0.603. The predicted molar refractivity (Wildman–Crippen MR) is 94.4 cm³/mol. The Bertz CT molecular complexity index is 619. The van der Waals surface area contributed by atoms with Crippen molar-refractivity contribution >= 4 is 39.3 Å². The summed E-state index contributed by atoms with van der Waals surface area (Å²) in [5, 5.41) is 8.10. The van der Waals surface area contributed by atoms with E-state index in [0.717, 1.165) is 17.3 Å². The van der Waals surface area contributed by atoms with Crippen LogP contribution in [0.2, 0.25) is 0 Å². The van der Waals surface area contributed by atoms with E-state index >= 15 is 0 Å². The summed E-state index contributed by atoms with van der Waals surface area (Å²) in [5.41, 5.74) is 0.644. The number of hydrogen-bond donors (Lipinski definition) is 3. The topological polar surface area (TPSA) is 90.5 Å². The SMILES string of the molecule is CN(CC(=O)NCC(=O)Nc1ccccc1Br)CC(=O)NC1CC1. The minimum absolute atomic E-state index is 0.0560. The summed E-state index contributed by atoms with van der Waals surface area (Å²) in [6.07, 6.45) is 2.06. The lowest BCUT2D eigenvalue weighted by molar-refractivity contribution is -0.126. The fraction of sp³-hybridized carbons (Fsp3) is 0.438. The van der Waals surface area contributed by atoms with Crippen LogP contribution in [-0.4, -0.2) is 55.3 Å². The van der Waals surface area contributed by atoms with Gasteiger partial charge in [0.1, 0.15) is 0 Å². The first-order valence-electron chi connectivity index (χ1n) is 7.73. The molecule has 0 heterocycles. The Morgan fingerprint density at radius 2 is 1.79 bits per heavy atom. The number of carbonyl (C=O) groups is 3. The summed E-state index contributed by atoms with van der Waals surface area (Å²) in [4.78, 5) is 36.9. The summed E-state index contributed by atoms with van der Waals surface area (Å²) in [5.74, 6) is -0.706. The third-order valence-corrected chi connectivity index (χ3v) is 4.06. The number of para-hydroxylation sites is 1. The van der Waals surface area contributed by atoms with Gasteiger partial charge in [0, 0.05) is 10.5 Å². The molecule has 2 rings (SSSR count). The average Bonchev–Trinajstić information content (AvgIpc) is 3.31. The summed E-state index contributed by atoms with van der Waals surface area (Å²) in [6, 6.07) is 7.53. The van der Waals surface area contributed by atoms with E-state index in [1.165, 1.54) is 0 Å². The molecule has 3 N–H and O–H groups in total. The van der Waals surface area contributed by atoms with Crippen LogP contribution in [-0.2, 0) is 14.4 Å². The maximum atomic E-state index is 11.8. The van der Waals surface area contributed by atoms with Gasteiger partial charge in [0.05, 0.1) is 25.3 Å². The molecule has 1 fully saturated rings. The number of nitrogens with zero attached hydrogens (tertiary/aromatic N) is 1. The van der Waals surface area contributed by atoms with Gasteiger partial charge in [-0.05, 0) is 48.0 Å². The smallest absolute Gasteiger partial charge is 0.243 e. The molecule has 0 radical (unpaired) electrons. The zero-order chi connectivity index (χ0) is 17.5. The van der Waals surface area contributed by atoms with Gasteiger partial charge in [-0.2, -0.15) is 0 Å². The van der Waals surface area contributed by atoms with Crippen molar-refractivity contribution in [3.63, 3.8) is 0 Å². The van der Waals surface area contributed by atoms with E-state index in [9.17, 15) is 14.4 Å². The van der Waals surface area contributed by atoms with E-state index in [0.29, 0.717) is 11.7 Å². The van der Waals surface area contributed by atoms with E-state index < -0.39 is 0 Å². The summed E-state index contributed by atoms with van der Waals surface area (Å²) >= 11 is 3.34. The van der Waals surface area contributed by atoms with Crippen LogP contribution in [0.15, 0.2) is 28.7 Å². The molecule has 8 heteroatoms. The van der Waals surface area contributed by atoms with E-state index in [2.05, 4.69) is 31.9 Å². The maximum Gasteiger partial charge on any atom is 0.243 e. The average molecular weight is 397 g/mol. The number of carbonyl (C=O) groups excluding carboxylic acids is 3. The van der Waals surface area contributed by atoms with Crippen molar-refractivity contribution in [2.45, 2.75) is 18.9 Å². The summed E-state index contributed by atoms with van der Waals surface area (Å²) in [7, 11) is 1.69. The van der Waals surface area contributed by atoms with Crippen LogP contribution in [0.4, 0.5) is 5.69 Å². The molecule has 0 aliphatic heterocycles. The van der Waals surface area contributed by atoms with Gasteiger partial charge in [0.15, 0.2) is 0 Å². The second kappa shape index (κ2) is 8.79. The van der Waals surface area contributed by atoms with Crippen molar-refractivity contribution < 1.29 is 14.4 Å². The molecule has 0 bridgehead atoms. The molecule has 0 spiro atoms. The minimum Gasteiger partial charge on any atom is -0.352 e. The van der Waals surface area contributed by atoms with E-state index in [4.69, 9.17) is 0 Å². The number of nitrogens with one attached hydrogen (secondary N) is 3. The molecular weight excluding hydrogens is 376 g/mol. The number of anilines is 1. The highest BCUT2D eigenvalue weighted by Crippen LogP contribution is 2.20. The monoisotopic (exact) mass is 396 g/mol. The molecule has 1 saturated carbocycles. The third-order valence-electron chi connectivity index (χ3n) is 3.36. The molecule has 130 valence electrons. The lowest BCUT2D eigenvalue weighted by Crippen LogP contribution is -2.43. The largest absolute Gasteiger partial charge is 0.352 e. The van der Waals surface area contributed by atoms with Crippen LogP contribution in [0.3, 0.4) is 0 Å². The number of benzene rings is 1. The molecule has 7 nitrogen and oxygen atoms in total. The highest BCUT2D eigenvalue weighted by Gasteiger charge is 2.23. The maximum absolute atomic E-state index is 11.8. The molecule has 1 aliphatic rings. The predicted octanol–water partition coefficient (Wildman–Crippen LogP) is 0.714. The van der Waals surface area contributed by atoms with Crippen LogP contribution >= 0.6 is 15.9 Å². The Morgan fingerprint density at radius 1 is 1.12 bits per heavy atom. The first kappa shape index (κ1) is 18.4. The van der Waals surface area contributed by atoms with Gasteiger partial charge in [-0.15, -0.1) is 0 Å². The van der Waals surface area contributed by atoms with Crippen molar-refractivity contribution in [1.82, 2.24) is 15.5 Å². The Labute approximate surface area is 149 Å². The highest BCUT2D eigenvalue weighted by atomic mass is 79.9. The number of amides is 3. The fourth-order valence-electron chi connectivity index (χ4n) is 2.04. The molecule has 0 saturated heterocycles. The van der Waals surface area contributed by atoms with Gasteiger partial charge in [0.2, 0.25) is 17.7 Å². The zero-order valence-corrected chi connectivity index (χ0v) is 15.1. The molecule has 0 aromatic heterocycles. The number of rotatable bonds is 8. The van der Waals surface area contributed by atoms with E-state index in [1.807, 2.05) is 12.1 Å². The molecule has 1 aromatic rings. The first-order valence-corrected chi connectivity index (χ1v) is 8.52. The number of halogens is 1. The lowest BCUT2D eigenvalue weighted by Gasteiger charge is -2.16. The molecule has 24 heavy (non-hydrogen) atoms. The van der Waals surface area contributed by atoms with Crippen molar-refractivity contribution in [3.8, 4) is 0 Å². The van der Waals surface area contributed by atoms with E-state index in [1.54, 1.807) is 24.1 Å². The highest BCUT2D eigenvalue weighted by molar-refractivity contribution is 9.10. The Kier molecular flexibility index (Phi) is 6.74. The van der Waals surface area contributed by atoms with Crippen LogP contribution in [0.25, 0.3) is 0 Å². The Hall–Kier alpha value is -1.93. The zero-order valence-electron chi connectivity index (χ0n) is 13.5. The molecule has 0 unspecified atom stereocenters. The van der Waals surface area contributed by atoms with E-state index in [-0.39, 0.29) is 37.4 Å². The Balaban J connectivity index is 1.65. The fourth-order valence-corrected chi connectivity index (χ4v) is 2.42. The third kappa shape index (κ3) is 6.67. The van der Waals surface area contributed by atoms with Crippen molar-refractivity contribution in [2.24, 2.45) is 0 Å². The molecule has 0 atom stereocenters. The van der Waals surface area contributed by atoms with Gasteiger partial charge in [-0.3, -0.25) is 19.3 Å². The standard InChI is InChI=1S/C16H21BrN4O3/c1-21(10-16(24)19-11-6-7-11)9-15(23)18-8-14(22)20-13-5-3-2-4-12(13)17/h2-5,11H,6-10H2,1H3,(H,18,23)(H,19,24)(H,20,22). The number of likely N-dealkylation sites (N-methyl/N-ethyl adjacent to an activating group) is 1. The van der Waals surface area contributed by atoms with Crippen molar-refractivity contribution in [2.75, 3.05) is 32.0 Å². The van der Waals surface area contributed by atoms with Gasteiger partial charge in [0.25, 0.3) is 0 Å². The van der Waals surface area contributed by atoms with Crippen LogP contribution in [0.5, 0.6) is 0 Å². The van der Waals surface area contributed by atoms with Crippen LogP contribution in [0, 0.1) is 0 Å². The van der Waals surface area contributed by atoms with Crippen LogP contribution in [0.1, 0.15) is 12.8 Å². The minimum atomic E-state index is -0.315. The van der Waals surface area contributed by atoms with Crippen LogP contribution < -0.4 is 16.0 Å². The van der Waals surface area contributed by atoms with Gasteiger partial charge in [-0.1, -0.05) is 12.1 Å². The number of hydrogen-bond acceptors (Lipinski definition) is 4. The molecule has 1 aromatic carbocycles. The van der Waals surface area contributed by atoms with Crippen molar-refractivity contribution in [3.05, 3.63) is 28.7 Å². The summed E-state index contributed by atoms with van der Waals surface area (Å²) < 4.78 is 0.770. The first-order chi connectivity index (χ1) is 11.4. The van der Waals surface area contributed by atoms with Gasteiger partial charge >= 0.3 is 0 Å². The molecular formula is C16H21BrN4O3.